The van der Waals surface area contributed by atoms with E-state index in [0.717, 1.165) is 18.0 Å². The van der Waals surface area contributed by atoms with Gasteiger partial charge in [-0.05, 0) is 18.2 Å². The van der Waals surface area contributed by atoms with Crippen molar-refractivity contribution < 1.29 is 17.9 Å². The third kappa shape index (κ3) is 8.71. The Hall–Kier alpha value is -2.31. The third-order valence-electron chi connectivity index (χ3n) is 3.65. The molecule has 0 bridgehead atoms. The molecule has 0 saturated carbocycles. The van der Waals surface area contributed by atoms with Gasteiger partial charge in [-0.1, -0.05) is 18.2 Å². The van der Waals surface area contributed by atoms with Crippen LogP contribution in [0.2, 0.25) is 0 Å². The molecule has 0 aliphatic carbocycles. The van der Waals surface area contributed by atoms with Crippen molar-refractivity contribution in [2.24, 2.45) is 4.99 Å². The molecule has 2 rings (SSSR count). The first kappa shape index (κ1) is 24.7. The van der Waals surface area contributed by atoms with E-state index in [2.05, 4.69) is 25.6 Å². The number of alkyl halides is 3. The van der Waals surface area contributed by atoms with Gasteiger partial charge in [0.1, 0.15) is 18.1 Å². The highest BCUT2D eigenvalue weighted by Gasteiger charge is 2.32. The highest BCUT2D eigenvalue weighted by molar-refractivity contribution is 14.0. The lowest BCUT2D eigenvalue weighted by Gasteiger charge is -2.22. The minimum Gasteiger partial charge on any atom is -0.492 e. The predicted octanol–water partition coefficient (Wildman–Crippen LogP) is 3.11. The number of guanidine groups is 1. The summed E-state index contributed by atoms with van der Waals surface area (Å²) in [6, 6.07) is 10.3. The van der Waals surface area contributed by atoms with Gasteiger partial charge in [-0.25, -0.2) is 9.97 Å². The fraction of sp³-hybridized carbons (Fsp3) is 0.389. The first-order chi connectivity index (χ1) is 13.4. The van der Waals surface area contributed by atoms with Gasteiger partial charge in [-0.2, -0.15) is 13.2 Å². The summed E-state index contributed by atoms with van der Waals surface area (Å²) in [7, 11) is 3.52. The van der Waals surface area contributed by atoms with Gasteiger partial charge < -0.3 is 20.3 Å². The van der Waals surface area contributed by atoms with Crippen LogP contribution < -0.4 is 15.4 Å². The van der Waals surface area contributed by atoms with Crippen LogP contribution in [0, 0.1) is 0 Å². The van der Waals surface area contributed by atoms with Crippen LogP contribution in [0.25, 0.3) is 0 Å². The Bertz CT molecular complexity index is 761. The third-order valence-corrected chi connectivity index (χ3v) is 3.65. The second-order valence-electron chi connectivity index (χ2n) is 5.75. The fourth-order valence-electron chi connectivity index (χ4n) is 2.26. The van der Waals surface area contributed by atoms with E-state index in [-0.39, 0.29) is 29.9 Å². The number of nitrogens with zero attached hydrogens (tertiary/aromatic N) is 4. The van der Waals surface area contributed by atoms with Crippen molar-refractivity contribution in [2.75, 3.05) is 45.7 Å². The molecule has 1 aromatic carbocycles. The molecule has 0 aliphatic rings. The normalized spacial score (nSPS) is 11.4. The number of rotatable bonds is 8. The lowest BCUT2D eigenvalue weighted by atomic mass is 10.3. The van der Waals surface area contributed by atoms with Gasteiger partial charge in [0, 0.05) is 33.4 Å². The van der Waals surface area contributed by atoms with Crippen LogP contribution in [-0.4, -0.2) is 61.2 Å². The maximum Gasteiger partial charge on any atom is 0.433 e. The van der Waals surface area contributed by atoms with Crippen LogP contribution in [0.1, 0.15) is 5.69 Å². The molecule has 0 aliphatic heterocycles. The van der Waals surface area contributed by atoms with Crippen LogP contribution in [0.3, 0.4) is 0 Å². The van der Waals surface area contributed by atoms with Gasteiger partial charge in [-0.15, -0.1) is 24.0 Å². The molecule has 0 saturated heterocycles. The minimum atomic E-state index is -4.50. The first-order valence-electron chi connectivity index (χ1n) is 8.64. The Balaban J connectivity index is 0.00000420. The van der Waals surface area contributed by atoms with Crippen molar-refractivity contribution in [3.63, 3.8) is 0 Å². The Labute approximate surface area is 184 Å². The number of likely N-dealkylation sites (N-methyl/N-ethyl adjacent to an activating group) is 1. The van der Waals surface area contributed by atoms with Crippen LogP contribution >= 0.6 is 24.0 Å². The number of aliphatic imine (C=N–C) groups is 1. The Morgan fingerprint density at radius 1 is 1.17 bits per heavy atom. The molecule has 160 valence electrons. The highest BCUT2D eigenvalue weighted by atomic mass is 127. The van der Waals surface area contributed by atoms with Gasteiger partial charge in [-0.3, -0.25) is 4.99 Å². The van der Waals surface area contributed by atoms with Crippen LogP contribution in [0.4, 0.5) is 19.1 Å². The summed E-state index contributed by atoms with van der Waals surface area (Å²) in [5.74, 6) is 1.36. The monoisotopic (exact) mass is 524 g/mol. The first-order valence-corrected chi connectivity index (χ1v) is 8.64. The molecule has 11 heteroatoms. The zero-order valence-corrected chi connectivity index (χ0v) is 18.4. The maximum atomic E-state index is 12.6. The summed E-state index contributed by atoms with van der Waals surface area (Å²) in [5, 5.41) is 5.87. The fourth-order valence-corrected chi connectivity index (χ4v) is 2.26. The summed E-state index contributed by atoms with van der Waals surface area (Å²) < 4.78 is 43.6. The van der Waals surface area contributed by atoms with E-state index in [4.69, 9.17) is 4.74 Å². The van der Waals surface area contributed by atoms with Crippen molar-refractivity contribution in [3.05, 3.63) is 48.3 Å². The molecule has 0 fully saturated rings. The number of hydrogen-bond acceptors (Lipinski definition) is 5. The highest BCUT2D eigenvalue weighted by Crippen LogP contribution is 2.27. The van der Waals surface area contributed by atoms with Gasteiger partial charge >= 0.3 is 6.18 Å². The second kappa shape index (κ2) is 12.3. The van der Waals surface area contributed by atoms with Crippen molar-refractivity contribution >= 4 is 35.9 Å². The molecule has 7 nitrogen and oxygen atoms in total. The summed E-state index contributed by atoms with van der Waals surface area (Å²) in [5.41, 5.74) is -0.980. The van der Waals surface area contributed by atoms with Crippen LogP contribution in [0.15, 0.2) is 47.6 Å². The molecule has 0 spiro atoms. The van der Waals surface area contributed by atoms with Crippen LogP contribution in [0.5, 0.6) is 5.75 Å². The number of anilines is 1. The molecule has 0 radical (unpaired) electrons. The number of hydrogen-bond donors (Lipinski definition) is 2. The molecule has 0 atom stereocenters. The Morgan fingerprint density at radius 2 is 1.90 bits per heavy atom. The summed E-state index contributed by atoms with van der Waals surface area (Å²) in [4.78, 5) is 13.3. The number of ether oxygens (including phenoxy) is 1. The van der Waals surface area contributed by atoms with E-state index < -0.39 is 11.9 Å². The second-order valence-corrected chi connectivity index (χ2v) is 5.75. The zero-order chi connectivity index (χ0) is 20.4. The standard InChI is InChI=1S/C18H23F3N6O.HI/c1-22-17(27(2)12-13-28-14-6-4-3-5-7-14)25-11-10-24-16-23-9-8-15(26-16)18(19,20)21;/h3-9H,10-13H2,1-2H3,(H,22,25)(H,23,24,26);1H. The van der Waals surface area contributed by atoms with Gasteiger partial charge in [0.25, 0.3) is 0 Å². The average molecular weight is 524 g/mol. The van der Waals surface area contributed by atoms with Crippen molar-refractivity contribution in [1.29, 1.82) is 0 Å². The maximum absolute atomic E-state index is 12.6. The van der Waals surface area contributed by atoms with Crippen molar-refractivity contribution in [2.45, 2.75) is 6.18 Å². The summed E-state index contributed by atoms with van der Waals surface area (Å²) >= 11 is 0. The minimum absolute atomic E-state index is 0. The molecule has 0 amide bonds. The van der Waals surface area contributed by atoms with E-state index >= 15 is 0 Å². The molecular weight excluding hydrogens is 500 g/mol. The number of halogens is 4. The lowest BCUT2D eigenvalue weighted by Crippen LogP contribution is -2.42. The van der Waals surface area contributed by atoms with E-state index in [9.17, 15) is 13.2 Å². The molecule has 0 unspecified atom stereocenters. The summed E-state index contributed by atoms with van der Waals surface area (Å²) in [6.45, 7) is 1.85. The van der Waals surface area contributed by atoms with E-state index in [1.54, 1.807) is 7.05 Å². The van der Waals surface area contributed by atoms with Gasteiger partial charge in [0.2, 0.25) is 5.95 Å². The molecule has 1 aromatic heterocycles. The summed E-state index contributed by atoms with van der Waals surface area (Å²) in [6.07, 6.45) is -3.42. The zero-order valence-electron chi connectivity index (χ0n) is 16.1. The quantitative estimate of drug-likeness (QED) is 0.240. The molecule has 29 heavy (non-hydrogen) atoms. The van der Waals surface area contributed by atoms with E-state index in [0.29, 0.717) is 32.2 Å². The van der Waals surface area contributed by atoms with Crippen molar-refractivity contribution in [1.82, 2.24) is 20.2 Å². The average Bonchev–Trinajstić information content (AvgIpc) is 2.68. The van der Waals surface area contributed by atoms with E-state index in [1.807, 2.05) is 42.3 Å². The number of para-hydroxylation sites is 1. The number of nitrogens with one attached hydrogen (secondary N) is 2. The smallest absolute Gasteiger partial charge is 0.433 e. The molecular formula is C18H24F3IN6O. The Morgan fingerprint density at radius 3 is 2.55 bits per heavy atom. The van der Waals surface area contributed by atoms with Gasteiger partial charge in [0.05, 0.1) is 6.54 Å². The molecule has 2 N–H and O–H groups in total. The largest absolute Gasteiger partial charge is 0.492 e. The predicted molar refractivity (Wildman–Crippen MR) is 117 cm³/mol. The SMILES string of the molecule is CN=C(NCCNc1nccc(C(F)(F)F)n1)N(C)CCOc1ccccc1.I. The topological polar surface area (TPSA) is 74.7 Å². The molecule has 1 heterocycles. The Kier molecular flexibility index (Phi) is 10.5. The van der Waals surface area contributed by atoms with Gasteiger partial charge in [0.15, 0.2) is 5.96 Å². The van der Waals surface area contributed by atoms with E-state index in [1.165, 1.54) is 0 Å². The van der Waals surface area contributed by atoms with Crippen molar-refractivity contribution in [3.8, 4) is 5.75 Å². The number of benzene rings is 1. The van der Waals surface area contributed by atoms with Crippen LogP contribution in [-0.2, 0) is 6.18 Å². The molecule has 2 aromatic rings. The number of aromatic nitrogens is 2. The lowest BCUT2D eigenvalue weighted by molar-refractivity contribution is -0.141.